The van der Waals surface area contributed by atoms with Gasteiger partial charge >= 0.3 is 0 Å². The Morgan fingerprint density at radius 1 is 0.950 bits per heavy atom. The Labute approximate surface area is 238 Å². The summed E-state index contributed by atoms with van der Waals surface area (Å²) < 4.78 is 31.8. The molecule has 8 nitrogen and oxygen atoms in total. The SMILES string of the molecule is CCNC(=O)C(Cc1ccccc1)N(Cc1cccc(C)c1)C(=O)CCCN(c1cccc(OC)c1)S(C)(=O)=O. The van der Waals surface area contributed by atoms with Gasteiger partial charge < -0.3 is 15.0 Å². The number of aryl methyl sites for hydroxylation is 1. The zero-order chi connectivity index (χ0) is 29.1. The fraction of sp³-hybridized carbons (Fsp3) is 0.355. The van der Waals surface area contributed by atoms with Gasteiger partial charge in [-0.15, -0.1) is 0 Å². The summed E-state index contributed by atoms with van der Waals surface area (Å²) in [6.07, 6.45) is 1.86. The van der Waals surface area contributed by atoms with E-state index >= 15 is 0 Å². The molecule has 214 valence electrons. The molecule has 1 N–H and O–H groups in total. The number of methoxy groups -OCH3 is 1. The maximum absolute atomic E-state index is 13.8. The van der Waals surface area contributed by atoms with Crippen LogP contribution in [-0.4, -0.2) is 57.6 Å². The first-order valence-corrected chi connectivity index (χ1v) is 15.3. The van der Waals surface area contributed by atoms with Gasteiger partial charge in [-0.3, -0.25) is 13.9 Å². The van der Waals surface area contributed by atoms with E-state index in [1.165, 1.54) is 11.4 Å². The summed E-state index contributed by atoms with van der Waals surface area (Å²) in [5, 5.41) is 2.89. The van der Waals surface area contributed by atoms with Gasteiger partial charge in [0.25, 0.3) is 0 Å². The quantitative estimate of drug-likeness (QED) is 0.314. The molecule has 0 aliphatic carbocycles. The Bertz CT molecular complexity index is 1380. The lowest BCUT2D eigenvalue weighted by Crippen LogP contribution is -2.50. The lowest BCUT2D eigenvalue weighted by Gasteiger charge is -2.32. The van der Waals surface area contributed by atoms with Crippen molar-refractivity contribution >= 4 is 27.5 Å². The summed E-state index contributed by atoms with van der Waals surface area (Å²) in [5.74, 6) is 0.103. The topological polar surface area (TPSA) is 96.0 Å². The molecule has 0 saturated heterocycles. The number of amides is 2. The standard InChI is InChI=1S/C31H39N3O5S/c1-5-32-31(36)29(21-25-13-7-6-8-14-25)33(23-26-15-9-12-24(2)20-26)30(35)18-11-19-34(40(4,37)38)27-16-10-17-28(22-27)39-3/h6-10,12-17,20,22,29H,5,11,18-19,21,23H2,1-4H3,(H,32,36). The van der Waals surface area contributed by atoms with Crippen molar-refractivity contribution in [2.24, 2.45) is 0 Å². The molecule has 0 aliphatic rings. The third kappa shape index (κ3) is 8.84. The predicted octanol–water partition coefficient (Wildman–Crippen LogP) is 4.33. The first-order valence-electron chi connectivity index (χ1n) is 13.4. The van der Waals surface area contributed by atoms with E-state index in [1.807, 2.05) is 68.4 Å². The number of sulfonamides is 1. The highest BCUT2D eigenvalue weighted by Crippen LogP contribution is 2.24. The van der Waals surface area contributed by atoms with Crippen LogP contribution in [0.5, 0.6) is 5.75 Å². The van der Waals surface area contributed by atoms with Crippen molar-refractivity contribution in [3.63, 3.8) is 0 Å². The van der Waals surface area contributed by atoms with Gasteiger partial charge in [0.2, 0.25) is 21.8 Å². The number of hydrogen-bond acceptors (Lipinski definition) is 5. The molecule has 0 radical (unpaired) electrons. The molecule has 0 aliphatic heterocycles. The summed E-state index contributed by atoms with van der Waals surface area (Å²) >= 11 is 0. The highest BCUT2D eigenvalue weighted by atomic mass is 32.2. The van der Waals surface area contributed by atoms with E-state index in [9.17, 15) is 18.0 Å². The largest absolute Gasteiger partial charge is 0.497 e. The van der Waals surface area contributed by atoms with Gasteiger partial charge in [0.05, 0.1) is 19.1 Å². The van der Waals surface area contributed by atoms with Crippen molar-refractivity contribution in [2.75, 3.05) is 30.8 Å². The van der Waals surface area contributed by atoms with Crippen LogP contribution in [0.1, 0.15) is 36.5 Å². The Balaban J connectivity index is 1.86. The Hall–Kier alpha value is -3.85. The minimum Gasteiger partial charge on any atom is -0.497 e. The van der Waals surface area contributed by atoms with Crippen LogP contribution in [0.15, 0.2) is 78.9 Å². The number of carbonyl (C=O) groups is 2. The number of nitrogens with zero attached hydrogens (tertiary/aromatic N) is 2. The zero-order valence-corrected chi connectivity index (χ0v) is 24.5. The lowest BCUT2D eigenvalue weighted by molar-refractivity contribution is -0.141. The van der Waals surface area contributed by atoms with E-state index in [-0.39, 0.29) is 37.7 Å². The van der Waals surface area contributed by atoms with Crippen LogP contribution < -0.4 is 14.4 Å². The van der Waals surface area contributed by atoms with Crippen LogP contribution in [0, 0.1) is 6.92 Å². The van der Waals surface area contributed by atoms with E-state index in [0.717, 1.165) is 22.9 Å². The number of rotatable bonds is 14. The van der Waals surface area contributed by atoms with E-state index in [2.05, 4.69) is 5.32 Å². The van der Waals surface area contributed by atoms with E-state index in [1.54, 1.807) is 29.2 Å². The molecule has 0 bridgehead atoms. The minimum atomic E-state index is -3.60. The monoisotopic (exact) mass is 565 g/mol. The minimum absolute atomic E-state index is 0.0759. The van der Waals surface area contributed by atoms with E-state index in [4.69, 9.17) is 4.74 Å². The summed E-state index contributed by atoms with van der Waals surface area (Å²) in [4.78, 5) is 28.7. The number of likely N-dealkylation sites (N-methyl/N-ethyl adjacent to an activating group) is 1. The maximum atomic E-state index is 13.8. The number of nitrogens with one attached hydrogen (secondary N) is 1. The van der Waals surface area contributed by atoms with Gasteiger partial charge in [0.1, 0.15) is 11.8 Å². The fourth-order valence-electron chi connectivity index (χ4n) is 4.62. The van der Waals surface area contributed by atoms with Crippen LogP contribution in [0.3, 0.4) is 0 Å². The van der Waals surface area contributed by atoms with Crippen molar-refractivity contribution in [2.45, 2.75) is 45.7 Å². The van der Waals surface area contributed by atoms with Crippen LogP contribution in [-0.2, 0) is 32.6 Å². The predicted molar refractivity (Wildman–Crippen MR) is 159 cm³/mol. The summed E-state index contributed by atoms with van der Waals surface area (Å²) in [5.41, 5.74) is 3.40. The third-order valence-corrected chi connectivity index (χ3v) is 7.75. The molecule has 40 heavy (non-hydrogen) atoms. The summed E-state index contributed by atoms with van der Waals surface area (Å²) in [6, 6.07) is 23.6. The first-order chi connectivity index (χ1) is 19.1. The smallest absolute Gasteiger partial charge is 0.243 e. The lowest BCUT2D eigenvalue weighted by atomic mass is 10.0. The van der Waals surface area contributed by atoms with Gasteiger partial charge in [-0.05, 0) is 43.5 Å². The highest BCUT2D eigenvalue weighted by molar-refractivity contribution is 7.92. The van der Waals surface area contributed by atoms with Crippen LogP contribution in [0.4, 0.5) is 5.69 Å². The Morgan fingerprint density at radius 3 is 2.30 bits per heavy atom. The molecule has 9 heteroatoms. The van der Waals surface area contributed by atoms with Gasteiger partial charge in [-0.1, -0.05) is 66.2 Å². The van der Waals surface area contributed by atoms with Crippen LogP contribution in [0.2, 0.25) is 0 Å². The molecule has 2 amide bonds. The number of benzene rings is 3. The molecular weight excluding hydrogens is 526 g/mol. The number of anilines is 1. The molecule has 1 unspecified atom stereocenters. The molecular formula is C31H39N3O5S. The first kappa shape index (κ1) is 30.7. The fourth-order valence-corrected chi connectivity index (χ4v) is 5.58. The van der Waals surface area contributed by atoms with Crippen molar-refractivity contribution in [1.29, 1.82) is 0 Å². The molecule has 0 aromatic heterocycles. The van der Waals surface area contributed by atoms with Crippen molar-refractivity contribution in [3.05, 3.63) is 95.6 Å². The maximum Gasteiger partial charge on any atom is 0.243 e. The van der Waals surface area contributed by atoms with Crippen molar-refractivity contribution in [1.82, 2.24) is 10.2 Å². The number of ether oxygens (including phenoxy) is 1. The molecule has 0 spiro atoms. The van der Waals surface area contributed by atoms with Gasteiger partial charge in [-0.2, -0.15) is 0 Å². The zero-order valence-electron chi connectivity index (χ0n) is 23.7. The highest BCUT2D eigenvalue weighted by Gasteiger charge is 2.30. The Kier molecular flexibility index (Phi) is 11.1. The average Bonchev–Trinajstić information content (AvgIpc) is 2.93. The number of carbonyl (C=O) groups excluding carboxylic acids is 2. The number of hydrogen-bond donors (Lipinski definition) is 1. The second-order valence-electron chi connectivity index (χ2n) is 9.75. The average molecular weight is 566 g/mol. The second kappa shape index (κ2) is 14.5. The third-order valence-electron chi connectivity index (χ3n) is 6.55. The normalized spacial score (nSPS) is 11.9. The van der Waals surface area contributed by atoms with Gasteiger partial charge in [0.15, 0.2) is 0 Å². The molecule has 3 aromatic carbocycles. The van der Waals surface area contributed by atoms with E-state index < -0.39 is 16.1 Å². The van der Waals surface area contributed by atoms with Gasteiger partial charge in [-0.25, -0.2) is 8.42 Å². The molecule has 1 atom stereocenters. The Morgan fingerprint density at radius 2 is 1.65 bits per heavy atom. The summed E-state index contributed by atoms with van der Waals surface area (Å²) in [6.45, 7) is 4.66. The second-order valence-corrected chi connectivity index (χ2v) is 11.7. The van der Waals surface area contributed by atoms with Crippen LogP contribution >= 0.6 is 0 Å². The molecule has 3 rings (SSSR count). The molecule has 0 saturated carbocycles. The summed E-state index contributed by atoms with van der Waals surface area (Å²) in [7, 11) is -2.08. The van der Waals surface area contributed by atoms with Crippen molar-refractivity contribution < 1.29 is 22.7 Å². The van der Waals surface area contributed by atoms with Crippen LogP contribution in [0.25, 0.3) is 0 Å². The molecule has 0 fully saturated rings. The molecule has 0 heterocycles. The van der Waals surface area contributed by atoms with Crippen molar-refractivity contribution in [3.8, 4) is 5.75 Å². The molecule has 3 aromatic rings. The van der Waals surface area contributed by atoms with E-state index in [0.29, 0.717) is 24.4 Å². The van der Waals surface area contributed by atoms with Gasteiger partial charge in [0, 0.05) is 38.5 Å².